The summed E-state index contributed by atoms with van der Waals surface area (Å²) in [6.45, 7) is 1.80. The number of hydrogen-bond donors (Lipinski definition) is 0. The molecule has 2 atom stereocenters. The van der Waals surface area contributed by atoms with Crippen molar-refractivity contribution in [3.63, 3.8) is 0 Å². The summed E-state index contributed by atoms with van der Waals surface area (Å²) in [4.78, 5) is 39.0. The first-order valence-electron chi connectivity index (χ1n) is 9.16. The van der Waals surface area contributed by atoms with Crippen molar-refractivity contribution in [2.75, 3.05) is 13.1 Å². The fourth-order valence-corrected chi connectivity index (χ4v) is 4.50. The minimum Gasteiger partial charge on any atom is -0.408 e. The molecule has 7 nitrogen and oxygen atoms in total. The van der Waals surface area contributed by atoms with Crippen LogP contribution in [0.1, 0.15) is 18.0 Å². The summed E-state index contributed by atoms with van der Waals surface area (Å²) >= 11 is 0. The number of oxazole rings is 1. The summed E-state index contributed by atoms with van der Waals surface area (Å²) in [5.41, 5.74) is 2.14. The predicted octanol–water partition coefficient (Wildman–Crippen LogP) is 1.40. The van der Waals surface area contributed by atoms with Gasteiger partial charge in [0.15, 0.2) is 5.58 Å². The Kier molecular flexibility index (Phi) is 3.56. The molecular formula is C20H19N3O4. The van der Waals surface area contributed by atoms with Gasteiger partial charge in [-0.3, -0.25) is 14.2 Å². The molecule has 0 aliphatic carbocycles. The first-order valence-corrected chi connectivity index (χ1v) is 9.16. The van der Waals surface area contributed by atoms with Crippen LogP contribution in [0.15, 0.2) is 56.5 Å². The standard InChI is InChI=1S/C20H19N3O4/c24-18-7-3-5-15-14-8-13(10-22(15)18)9-21(11-14)19(25)12-23-16-4-1-2-6-17(16)27-20(23)26/h1-7,13-14H,8-12H2/t13-,14-/m1/s1. The summed E-state index contributed by atoms with van der Waals surface area (Å²) in [5.74, 6) is -0.185. The normalized spacial score (nSPS) is 21.3. The molecule has 0 saturated carbocycles. The number of carbonyl (C=O) groups is 1. The van der Waals surface area contributed by atoms with E-state index >= 15 is 0 Å². The quantitative estimate of drug-likeness (QED) is 0.688. The van der Waals surface area contributed by atoms with Crippen molar-refractivity contribution in [2.24, 2.45) is 5.92 Å². The topological polar surface area (TPSA) is 77.5 Å². The molecule has 3 aromatic rings. The van der Waals surface area contributed by atoms with E-state index in [1.165, 1.54) is 4.57 Å². The third kappa shape index (κ3) is 2.61. The maximum absolute atomic E-state index is 12.9. The van der Waals surface area contributed by atoms with Crippen molar-refractivity contribution in [2.45, 2.75) is 25.4 Å². The van der Waals surface area contributed by atoms with Gasteiger partial charge < -0.3 is 13.9 Å². The van der Waals surface area contributed by atoms with Crippen molar-refractivity contribution in [3.05, 3.63) is 69.1 Å². The summed E-state index contributed by atoms with van der Waals surface area (Å²) in [6, 6.07) is 12.5. The van der Waals surface area contributed by atoms with Gasteiger partial charge in [-0.25, -0.2) is 4.79 Å². The number of hydrogen-bond acceptors (Lipinski definition) is 4. The largest absolute Gasteiger partial charge is 0.420 e. The molecule has 2 aromatic heterocycles. The zero-order valence-electron chi connectivity index (χ0n) is 14.7. The average Bonchev–Trinajstić information content (AvgIpc) is 2.98. The molecule has 2 bridgehead atoms. The van der Waals surface area contributed by atoms with Crippen LogP contribution >= 0.6 is 0 Å². The molecule has 4 heterocycles. The lowest BCUT2D eigenvalue weighted by molar-refractivity contribution is -0.134. The minimum absolute atomic E-state index is 0.0263. The number of aromatic nitrogens is 2. The van der Waals surface area contributed by atoms with Crippen LogP contribution in [0.4, 0.5) is 0 Å². The van der Waals surface area contributed by atoms with E-state index in [1.54, 1.807) is 30.3 Å². The molecule has 1 fully saturated rings. The maximum Gasteiger partial charge on any atom is 0.420 e. The van der Waals surface area contributed by atoms with Crippen LogP contribution in [0.2, 0.25) is 0 Å². The molecule has 138 valence electrons. The van der Waals surface area contributed by atoms with Crippen LogP contribution in [-0.4, -0.2) is 33.0 Å². The van der Waals surface area contributed by atoms with Crippen molar-refractivity contribution < 1.29 is 9.21 Å². The molecule has 5 rings (SSSR count). The predicted molar refractivity (Wildman–Crippen MR) is 98.6 cm³/mol. The van der Waals surface area contributed by atoms with Crippen molar-refractivity contribution in [3.8, 4) is 0 Å². The Bertz CT molecular complexity index is 1160. The molecule has 0 radical (unpaired) electrons. The summed E-state index contributed by atoms with van der Waals surface area (Å²) < 4.78 is 8.45. The lowest BCUT2D eigenvalue weighted by atomic mass is 9.83. The molecule has 2 aliphatic rings. The van der Waals surface area contributed by atoms with Gasteiger partial charge in [0.2, 0.25) is 5.91 Å². The summed E-state index contributed by atoms with van der Waals surface area (Å²) in [5, 5.41) is 0. The molecule has 27 heavy (non-hydrogen) atoms. The molecule has 7 heteroatoms. The number of benzene rings is 1. The maximum atomic E-state index is 12.9. The van der Waals surface area contributed by atoms with Crippen LogP contribution in [0, 0.1) is 5.92 Å². The van der Waals surface area contributed by atoms with Gasteiger partial charge in [-0.1, -0.05) is 18.2 Å². The van der Waals surface area contributed by atoms with E-state index in [-0.39, 0.29) is 29.8 Å². The van der Waals surface area contributed by atoms with Gasteiger partial charge in [0, 0.05) is 37.3 Å². The molecule has 0 N–H and O–H groups in total. The molecule has 2 aliphatic heterocycles. The van der Waals surface area contributed by atoms with Crippen LogP contribution in [0.5, 0.6) is 0 Å². The van der Waals surface area contributed by atoms with Gasteiger partial charge in [0.25, 0.3) is 5.56 Å². The van der Waals surface area contributed by atoms with Gasteiger partial charge >= 0.3 is 5.76 Å². The van der Waals surface area contributed by atoms with E-state index in [9.17, 15) is 14.4 Å². The second-order valence-electron chi connectivity index (χ2n) is 7.42. The monoisotopic (exact) mass is 365 g/mol. The van der Waals surface area contributed by atoms with Crippen molar-refractivity contribution in [1.29, 1.82) is 0 Å². The first kappa shape index (κ1) is 16.1. The van der Waals surface area contributed by atoms with E-state index < -0.39 is 5.76 Å². The number of nitrogens with zero attached hydrogens (tertiary/aromatic N) is 3. The van der Waals surface area contributed by atoms with Gasteiger partial charge in [-0.2, -0.15) is 0 Å². The van der Waals surface area contributed by atoms with Crippen LogP contribution < -0.4 is 11.3 Å². The number of likely N-dealkylation sites (tertiary alicyclic amines) is 1. The van der Waals surface area contributed by atoms with E-state index in [1.807, 2.05) is 21.6 Å². The zero-order valence-corrected chi connectivity index (χ0v) is 14.7. The zero-order chi connectivity index (χ0) is 18.5. The average molecular weight is 365 g/mol. The second kappa shape index (κ2) is 5.97. The van der Waals surface area contributed by atoms with Crippen molar-refractivity contribution in [1.82, 2.24) is 14.0 Å². The molecule has 1 amide bonds. The SMILES string of the molecule is O=C(Cn1c(=O)oc2ccccc21)N1C[C@H]2C[C@H](C1)c1cccc(=O)n1C2. The van der Waals surface area contributed by atoms with Crippen molar-refractivity contribution >= 4 is 17.0 Å². The molecule has 1 saturated heterocycles. The van der Waals surface area contributed by atoms with Gasteiger partial charge in [-0.15, -0.1) is 0 Å². The Hall–Kier alpha value is -3.09. The van der Waals surface area contributed by atoms with Gasteiger partial charge in [-0.05, 0) is 30.5 Å². The smallest absolute Gasteiger partial charge is 0.408 e. The number of amides is 1. The number of para-hydroxylation sites is 2. The van der Waals surface area contributed by atoms with Crippen LogP contribution in [0.3, 0.4) is 0 Å². The Morgan fingerprint density at radius 3 is 2.78 bits per heavy atom. The number of rotatable bonds is 2. The number of fused-ring (bicyclic) bond motifs is 5. The molecular weight excluding hydrogens is 346 g/mol. The van der Waals surface area contributed by atoms with E-state index in [0.29, 0.717) is 30.7 Å². The number of pyridine rings is 1. The Balaban J connectivity index is 1.42. The third-order valence-electron chi connectivity index (χ3n) is 5.70. The van der Waals surface area contributed by atoms with E-state index in [0.717, 1.165) is 12.1 Å². The Labute approximate surface area is 154 Å². The van der Waals surface area contributed by atoms with E-state index in [4.69, 9.17) is 4.42 Å². The van der Waals surface area contributed by atoms with Gasteiger partial charge in [0.05, 0.1) is 5.52 Å². The molecule has 0 unspecified atom stereocenters. The summed E-state index contributed by atoms with van der Waals surface area (Å²) in [6.07, 6.45) is 0.988. The highest BCUT2D eigenvalue weighted by atomic mass is 16.4. The van der Waals surface area contributed by atoms with Crippen LogP contribution in [-0.2, 0) is 17.9 Å². The fourth-order valence-electron chi connectivity index (χ4n) is 4.50. The Morgan fingerprint density at radius 1 is 1.04 bits per heavy atom. The Morgan fingerprint density at radius 2 is 1.89 bits per heavy atom. The van der Waals surface area contributed by atoms with E-state index in [2.05, 4.69) is 0 Å². The third-order valence-corrected chi connectivity index (χ3v) is 5.70. The number of carbonyl (C=O) groups excluding carboxylic acids is 1. The lowest BCUT2D eigenvalue weighted by Crippen LogP contribution is -2.50. The van der Waals surface area contributed by atoms with Crippen LogP contribution in [0.25, 0.3) is 11.1 Å². The second-order valence-corrected chi connectivity index (χ2v) is 7.42. The highest BCUT2D eigenvalue weighted by molar-refractivity contribution is 5.79. The minimum atomic E-state index is -0.515. The summed E-state index contributed by atoms with van der Waals surface area (Å²) in [7, 11) is 0. The first-order chi connectivity index (χ1) is 13.1. The highest BCUT2D eigenvalue weighted by Gasteiger charge is 2.36. The molecule has 1 aromatic carbocycles. The fraction of sp³-hybridized carbons (Fsp3) is 0.350. The number of piperidine rings is 1. The highest BCUT2D eigenvalue weighted by Crippen LogP contribution is 2.35. The molecule has 0 spiro atoms. The lowest BCUT2D eigenvalue weighted by Gasteiger charge is -2.42. The van der Waals surface area contributed by atoms with Gasteiger partial charge in [0.1, 0.15) is 6.54 Å².